The van der Waals surface area contributed by atoms with Gasteiger partial charge in [-0.2, -0.15) is 0 Å². The van der Waals surface area contributed by atoms with Gasteiger partial charge in [-0.1, -0.05) is 6.92 Å². The van der Waals surface area contributed by atoms with Gasteiger partial charge in [-0.3, -0.25) is 14.6 Å². The average molecular weight is 279 g/mol. The van der Waals surface area contributed by atoms with Crippen LogP contribution in [0.2, 0.25) is 0 Å². The maximum atomic E-state index is 12.1. The van der Waals surface area contributed by atoms with Gasteiger partial charge in [0, 0.05) is 18.8 Å². The summed E-state index contributed by atoms with van der Waals surface area (Å²) in [6, 6.07) is 0. The molecule has 7 heteroatoms. The van der Waals surface area contributed by atoms with E-state index < -0.39 is 11.6 Å². The molecule has 20 heavy (non-hydrogen) atoms. The standard InChI is InChI=1S/C13H17N3O4/c1-2-6-20-13-11-12(18)9(17)3-4-16(11)14-10-8-19-7-5-15(10)13/h3-4,10,14H,2,5-8H2,1H3/t10-/m0/s1. The Balaban J connectivity index is 2.01. The largest absolute Gasteiger partial charge is 0.477 e. The van der Waals surface area contributed by atoms with Crippen LogP contribution in [0.25, 0.3) is 0 Å². The Kier molecular flexibility index (Phi) is 3.45. The van der Waals surface area contributed by atoms with Crippen LogP contribution >= 0.6 is 0 Å². The van der Waals surface area contributed by atoms with Crippen molar-refractivity contribution in [2.24, 2.45) is 0 Å². The molecule has 3 aliphatic heterocycles. The van der Waals surface area contributed by atoms with Crippen LogP contribution in [0.4, 0.5) is 0 Å². The lowest BCUT2D eigenvalue weighted by atomic mass is 10.1. The SMILES string of the molecule is CCCOC1=C2C(=O)C(=O)C=CN2N[C@@H]2COCCN12. The van der Waals surface area contributed by atoms with Gasteiger partial charge in [0.25, 0.3) is 5.78 Å². The number of nitrogens with zero attached hydrogens (tertiary/aromatic N) is 2. The second-order valence-corrected chi connectivity index (χ2v) is 4.79. The molecular weight excluding hydrogens is 262 g/mol. The molecule has 0 saturated carbocycles. The van der Waals surface area contributed by atoms with Crippen LogP contribution in [0, 0.1) is 0 Å². The molecule has 1 atom stereocenters. The number of hydrogen-bond donors (Lipinski definition) is 1. The third-order valence-corrected chi connectivity index (χ3v) is 3.38. The fraction of sp³-hybridized carbons (Fsp3) is 0.538. The Labute approximate surface area is 116 Å². The van der Waals surface area contributed by atoms with E-state index in [0.717, 1.165) is 6.42 Å². The molecule has 0 aliphatic carbocycles. The average Bonchev–Trinajstić information content (AvgIpc) is 2.47. The number of hydrogen-bond acceptors (Lipinski definition) is 7. The molecule has 0 aromatic heterocycles. The zero-order valence-electron chi connectivity index (χ0n) is 11.3. The minimum atomic E-state index is -0.545. The number of hydrazine groups is 1. The lowest BCUT2D eigenvalue weighted by molar-refractivity contribution is -0.136. The maximum Gasteiger partial charge on any atom is 0.256 e. The second kappa shape index (κ2) is 5.26. The predicted octanol–water partition coefficient (Wildman–Crippen LogP) is -0.274. The van der Waals surface area contributed by atoms with Crippen LogP contribution in [0.1, 0.15) is 13.3 Å². The lowest BCUT2D eigenvalue weighted by Gasteiger charge is -2.46. The van der Waals surface area contributed by atoms with E-state index in [2.05, 4.69) is 5.43 Å². The van der Waals surface area contributed by atoms with Gasteiger partial charge in [0.1, 0.15) is 6.17 Å². The highest BCUT2D eigenvalue weighted by Gasteiger charge is 2.41. The number of carbonyl (C=O) groups is 2. The Bertz CT molecular complexity index is 500. The van der Waals surface area contributed by atoms with E-state index >= 15 is 0 Å². The monoisotopic (exact) mass is 279 g/mol. The van der Waals surface area contributed by atoms with Crippen LogP contribution in [0.5, 0.6) is 0 Å². The number of ether oxygens (including phenoxy) is 2. The van der Waals surface area contributed by atoms with E-state index in [1.807, 2.05) is 11.8 Å². The molecule has 0 aromatic rings. The number of carbonyl (C=O) groups excluding carboxylic acids is 2. The number of fused-ring (bicyclic) bond motifs is 2. The van der Waals surface area contributed by atoms with Crippen molar-refractivity contribution in [1.82, 2.24) is 15.3 Å². The number of allylic oxidation sites excluding steroid dienone is 2. The van der Waals surface area contributed by atoms with Gasteiger partial charge in [0.05, 0.1) is 19.8 Å². The fourth-order valence-corrected chi connectivity index (χ4v) is 2.43. The molecular formula is C13H17N3O4. The zero-order chi connectivity index (χ0) is 14.1. The summed E-state index contributed by atoms with van der Waals surface area (Å²) in [6.07, 6.45) is 3.55. The van der Waals surface area contributed by atoms with Crippen LogP contribution < -0.4 is 5.43 Å². The van der Waals surface area contributed by atoms with E-state index in [1.54, 1.807) is 11.2 Å². The number of rotatable bonds is 3. The highest BCUT2D eigenvalue weighted by atomic mass is 16.5. The Morgan fingerprint density at radius 2 is 2.35 bits per heavy atom. The summed E-state index contributed by atoms with van der Waals surface area (Å²) < 4.78 is 11.2. The van der Waals surface area contributed by atoms with Gasteiger partial charge in [0.2, 0.25) is 11.7 Å². The lowest BCUT2D eigenvalue weighted by Crippen LogP contribution is -2.62. The van der Waals surface area contributed by atoms with Crippen molar-refractivity contribution in [1.29, 1.82) is 0 Å². The summed E-state index contributed by atoms with van der Waals surface area (Å²) in [5.74, 6) is -0.597. The van der Waals surface area contributed by atoms with Crippen molar-refractivity contribution in [2.45, 2.75) is 19.5 Å². The summed E-state index contributed by atoms with van der Waals surface area (Å²) in [7, 11) is 0. The van der Waals surface area contributed by atoms with E-state index in [4.69, 9.17) is 9.47 Å². The fourth-order valence-electron chi connectivity index (χ4n) is 2.43. The smallest absolute Gasteiger partial charge is 0.256 e. The van der Waals surface area contributed by atoms with Gasteiger partial charge in [-0.25, -0.2) is 5.43 Å². The maximum absolute atomic E-state index is 12.1. The molecule has 108 valence electrons. The van der Waals surface area contributed by atoms with Crippen LogP contribution in [0.3, 0.4) is 0 Å². The Hall–Kier alpha value is -1.86. The molecule has 7 nitrogen and oxygen atoms in total. The molecule has 0 unspecified atom stereocenters. The van der Waals surface area contributed by atoms with Crippen molar-refractivity contribution in [3.8, 4) is 0 Å². The Morgan fingerprint density at radius 3 is 3.15 bits per heavy atom. The van der Waals surface area contributed by atoms with Gasteiger partial charge in [0.15, 0.2) is 5.70 Å². The molecule has 1 fully saturated rings. The van der Waals surface area contributed by atoms with Gasteiger partial charge in [-0.15, -0.1) is 0 Å². The molecule has 3 heterocycles. The number of Topliss-reactive ketones (excluding diaryl/α,β-unsaturated/α-hetero) is 1. The van der Waals surface area contributed by atoms with Gasteiger partial charge in [-0.05, 0) is 6.42 Å². The summed E-state index contributed by atoms with van der Waals surface area (Å²) in [5.41, 5.74) is 3.42. The third-order valence-electron chi connectivity index (χ3n) is 3.38. The normalized spacial score (nSPS) is 25.8. The van der Waals surface area contributed by atoms with Crippen LogP contribution in [-0.4, -0.2) is 54.0 Å². The van der Waals surface area contributed by atoms with Gasteiger partial charge < -0.3 is 14.4 Å². The number of morpholine rings is 1. The number of ketones is 2. The summed E-state index contributed by atoms with van der Waals surface area (Å²) in [4.78, 5) is 25.7. The molecule has 0 aromatic carbocycles. The topological polar surface area (TPSA) is 71.1 Å². The van der Waals surface area contributed by atoms with Crippen molar-refractivity contribution in [3.05, 3.63) is 23.9 Å². The molecule has 3 rings (SSSR count). The molecule has 3 aliphatic rings. The van der Waals surface area contributed by atoms with E-state index in [-0.39, 0.29) is 11.9 Å². The zero-order valence-corrected chi connectivity index (χ0v) is 11.3. The van der Waals surface area contributed by atoms with Crippen LogP contribution in [0.15, 0.2) is 23.9 Å². The highest BCUT2D eigenvalue weighted by Crippen LogP contribution is 2.27. The predicted molar refractivity (Wildman–Crippen MR) is 68.7 cm³/mol. The molecule has 0 spiro atoms. The van der Waals surface area contributed by atoms with Crippen molar-refractivity contribution in [3.63, 3.8) is 0 Å². The summed E-state index contributed by atoms with van der Waals surface area (Å²) in [6.45, 7) is 4.19. The minimum Gasteiger partial charge on any atom is -0.477 e. The quantitative estimate of drug-likeness (QED) is 0.713. The molecule has 0 amide bonds. The number of nitrogens with one attached hydrogen (secondary N) is 1. The second-order valence-electron chi connectivity index (χ2n) is 4.79. The third kappa shape index (κ3) is 2.08. The first-order valence-electron chi connectivity index (χ1n) is 6.76. The van der Waals surface area contributed by atoms with E-state index in [1.165, 1.54) is 6.08 Å². The molecule has 1 N–H and O–H groups in total. The first-order chi connectivity index (χ1) is 9.72. The molecule has 1 saturated heterocycles. The van der Waals surface area contributed by atoms with Crippen molar-refractivity contribution >= 4 is 11.6 Å². The van der Waals surface area contributed by atoms with Crippen molar-refractivity contribution in [2.75, 3.05) is 26.4 Å². The molecule has 0 bridgehead atoms. The van der Waals surface area contributed by atoms with Crippen molar-refractivity contribution < 1.29 is 19.1 Å². The first kappa shape index (κ1) is 13.1. The first-order valence-corrected chi connectivity index (χ1v) is 6.76. The molecule has 0 radical (unpaired) electrons. The van der Waals surface area contributed by atoms with Gasteiger partial charge >= 0.3 is 0 Å². The Morgan fingerprint density at radius 1 is 1.50 bits per heavy atom. The van der Waals surface area contributed by atoms with Crippen LogP contribution in [-0.2, 0) is 19.1 Å². The minimum absolute atomic E-state index is 0.0926. The highest BCUT2D eigenvalue weighted by molar-refractivity contribution is 6.47. The van der Waals surface area contributed by atoms with E-state index in [0.29, 0.717) is 32.2 Å². The summed E-state index contributed by atoms with van der Waals surface area (Å²) in [5, 5.41) is 1.56. The summed E-state index contributed by atoms with van der Waals surface area (Å²) >= 11 is 0. The van der Waals surface area contributed by atoms with E-state index in [9.17, 15) is 9.59 Å².